The van der Waals surface area contributed by atoms with Crippen LogP contribution in [0.1, 0.15) is 16.1 Å². The summed E-state index contributed by atoms with van der Waals surface area (Å²) < 4.78 is 5.80. The summed E-state index contributed by atoms with van der Waals surface area (Å²) in [5.74, 6) is 0.226. The predicted molar refractivity (Wildman–Crippen MR) is 79.3 cm³/mol. The molecule has 0 spiro atoms. The molecule has 0 saturated heterocycles. The Hall–Kier alpha value is -2.27. The van der Waals surface area contributed by atoms with Gasteiger partial charge in [0.05, 0.1) is 11.6 Å². The average Bonchev–Trinajstić information content (AvgIpc) is 2.89. The predicted octanol–water partition coefficient (Wildman–Crippen LogP) is 2.85. The molecule has 2 heterocycles. The van der Waals surface area contributed by atoms with Gasteiger partial charge in [-0.1, -0.05) is 29.8 Å². The molecule has 0 amide bonds. The van der Waals surface area contributed by atoms with E-state index in [-0.39, 0.29) is 16.8 Å². The van der Waals surface area contributed by atoms with Crippen LogP contribution in [0.4, 0.5) is 5.82 Å². The van der Waals surface area contributed by atoms with Crippen molar-refractivity contribution in [3.05, 3.63) is 52.7 Å². The summed E-state index contributed by atoms with van der Waals surface area (Å²) in [5.41, 5.74) is 1.02. The number of anilines is 1. The second-order valence-electron chi connectivity index (χ2n) is 4.76. The Balaban J connectivity index is 1.64. The highest BCUT2D eigenvalue weighted by atomic mass is 35.5. The van der Waals surface area contributed by atoms with Gasteiger partial charge in [-0.25, -0.2) is 9.78 Å². The van der Waals surface area contributed by atoms with Gasteiger partial charge in [-0.3, -0.25) is 0 Å². The van der Waals surface area contributed by atoms with Crippen LogP contribution in [-0.2, 0) is 6.42 Å². The van der Waals surface area contributed by atoms with Crippen LogP contribution in [0.3, 0.4) is 0 Å². The molecule has 6 heteroatoms. The molecule has 3 rings (SSSR count). The number of rotatable bonds is 4. The van der Waals surface area contributed by atoms with Gasteiger partial charge in [0.15, 0.2) is 5.69 Å². The molecular weight excluding hydrogens is 292 g/mol. The van der Waals surface area contributed by atoms with Crippen molar-refractivity contribution >= 4 is 23.4 Å². The Morgan fingerprint density at radius 3 is 2.95 bits per heavy atom. The zero-order valence-corrected chi connectivity index (χ0v) is 11.8. The number of pyridine rings is 1. The molecule has 1 aliphatic heterocycles. The Kier molecular flexibility index (Phi) is 3.66. The monoisotopic (exact) mass is 304 g/mol. The van der Waals surface area contributed by atoms with E-state index in [1.807, 2.05) is 24.3 Å². The number of fused-ring (bicyclic) bond motifs is 1. The number of aromatic carboxylic acids is 1. The molecule has 1 aliphatic rings. The first-order valence-electron chi connectivity index (χ1n) is 6.52. The zero-order valence-electron chi connectivity index (χ0n) is 11.0. The van der Waals surface area contributed by atoms with Gasteiger partial charge in [0.25, 0.3) is 0 Å². The molecule has 1 aromatic carbocycles. The minimum atomic E-state index is -1.15. The number of ether oxygens (including phenoxy) is 1. The molecule has 0 bridgehead atoms. The third kappa shape index (κ3) is 2.92. The third-order valence-electron chi connectivity index (χ3n) is 3.27. The van der Waals surface area contributed by atoms with E-state index in [0.717, 1.165) is 12.2 Å². The maximum atomic E-state index is 11.0. The topological polar surface area (TPSA) is 71.5 Å². The number of nitrogens with zero attached hydrogens (tertiary/aromatic N) is 1. The van der Waals surface area contributed by atoms with Gasteiger partial charge in [-0.05, 0) is 23.8 Å². The van der Waals surface area contributed by atoms with E-state index in [4.69, 9.17) is 21.4 Å². The zero-order chi connectivity index (χ0) is 14.8. The van der Waals surface area contributed by atoms with Gasteiger partial charge in [0.1, 0.15) is 17.7 Å². The number of aromatic nitrogens is 1. The largest absolute Gasteiger partial charge is 0.488 e. The molecular formula is C15H13ClN2O3. The van der Waals surface area contributed by atoms with Crippen molar-refractivity contribution in [2.24, 2.45) is 0 Å². The number of halogens is 1. The SMILES string of the molecule is O=C(O)c1nc(NCC2Cc3ccccc3O2)ccc1Cl. The van der Waals surface area contributed by atoms with E-state index in [1.165, 1.54) is 11.6 Å². The van der Waals surface area contributed by atoms with E-state index >= 15 is 0 Å². The molecule has 108 valence electrons. The summed E-state index contributed by atoms with van der Waals surface area (Å²) in [7, 11) is 0. The summed E-state index contributed by atoms with van der Waals surface area (Å²) in [6.07, 6.45) is 0.830. The second-order valence-corrected chi connectivity index (χ2v) is 5.17. The number of benzene rings is 1. The highest BCUT2D eigenvalue weighted by Gasteiger charge is 2.22. The van der Waals surface area contributed by atoms with Gasteiger partial charge in [0, 0.05) is 6.42 Å². The van der Waals surface area contributed by atoms with Gasteiger partial charge < -0.3 is 15.2 Å². The van der Waals surface area contributed by atoms with Gasteiger partial charge in [-0.2, -0.15) is 0 Å². The lowest BCUT2D eigenvalue weighted by Gasteiger charge is -2.12. The number of carbonyl (C=O) groups is 1. The third-order valence-corrected chi connectivity index (χ3v) is 3.58. The Labute approximate surface area is 126 Å². The highest BCUT2D eigenvalue weighted by molar-refractivity contribution is 6.33. The highest BCUT2D eigenvalue weighted by Crippen LogP contribution is 2.28. The fraction of sp³-hybridized carbons (Fsp3) is 0.200. The normalized spacial score (nSPS) is 16.1. The lowest BCUT2D eigenvalue weighted by molar-refractivity contribution is 0.0691. The van der Waals surface area contributed by atoms with Crippen molar-refractivity contribution in [3.8, 4) is 5.75 Å². The summed E-state index contributed by atoms with van der Waals surface area (Å²) in [5, 5.41) is 12.2. The first kappa shape index (κ1) is 13.7. The molecule has 5 nitrogen and oxygen atoms in total. The Morgan fingerprint density at radius 2 is 2.19 bits per heavy atom. The van der Waals surface area contributed by atoms with E-state index in [0.29, 0.717) is 12.4 Å². The smallest absolute Gasteiger partial charge is 0.356 e. The number of hydrogen-bond donors (Lipinski definition) is 2. The van der Waals surface area contributed by atoms with Crippen LogP contribution >= 0.6 is 11.6 Å². The van der Waals surface area contributed by atoms with Crippen molar-refractivity contribution in [2.75, 3.05) is 11.9 Å². The van der Waals surface area contributed by atoms with E-state index in [1.54, 1.807) is 6.07 Å². The van der Waals surface area contributed by atoms with Gasteiger partial charge in [-0.15, -0.1) is 0 Å². The molecule has 0 saturated carbocycles. The number of carboxylic acids is 1. The number of carboxylic acid groups (broad SMARTS) is 1. The van der Waals surface area contributed by atoms with E-state index < -0.39 is 5.97 Å². The van der Waals surface area contributed by atoms with Crippen LogP contribution in [0.15, 0.2) is 36.4 Å². The standard InChI is InChI=1S/C15H13ClN2O3/c16-11-5-6-13(18-14(11)15(19)20)17-8-10-7-9-3-1-2-4-12(9)21-10/h1-6,10H,7-8H2,(H,17,18)(H,19,20). The van der Waals surface area contributed by atoms with Crippen molar-refractivity contribution in [1.82, 2.24) is 4.98 Å². The number of hydrogen-bond acceptors (Lipinski definition) is 4. The molecule has 1 atom stereocenters. The first-order chi connectivity index (χ1) is 10.1. The van der Waals surface area contributed by atoms with E-state index in [9.17, 15) is 4.79 Å². The molecule has 0 fully saturated rings. The second kappa shape index (κ2) is 5.61. The van der Waals surface area contributed by atoms with Crippen LogP contribution in [0.5, 0.6) is 5.75 Å². The summed E-state index contributed by atoms with van der Waals surface area (Å²) >= 11 is 5.78. The average molecular weight is 305 g/mol. The molecule has 0 aliphatic carbocycles. The van der Waals surface area contributed by atoms with Crippen LogP contribution in [0, 0.1) is 0 Å². The lowest BCUT2D eigenvalue weighted by Crippen LogP contribution is -2.24. The quantitative estimate of drug-likeness (QED) is 0.909. The maximum absolute atomic E-state index is 11.0. The van der Waals surface area contributed by atoms with Gasteiger partial charge in [0.2, 0.25) is 0 Å². The summed E-state index contributed by atoms with van der Waals surface area (Å²) in [4.78, 5) is 15.0. The van der Waals surface area contributed by atoms with Crippen molar-refractivity contribution in [2.45, 2.75) is 12.5 Å². The summed E-state index contributed by atoms with van der Waals surface area (Å²) in [6, 6.07) is 11.1. The molecule has 0 radical (unpaired) electrons. The first-order valence-corrected chi connectivity index (χ1v) is 6.89. The fourth-order valence-corrected chi connectivity index (χ4v) is 2.46. The van der Waals surface area contributed by atoms with Crippen molar-refractivity contribution in [1.29, 1.82) is 0 Å². The van der Waals surface area contributed by atoms with E-state index in [2.05, 4.69) is 10.3 Å². The van der Waals surface area contributed by atoms with Crippen LogP contribution in [0.2, 0.25) is 5.02 Å². The maximum Gasteiger partial charge on any atom is 0.356 e. The minimum absolute atomic E-state index is 0.00755. The molecule has 2 aromatic rings. The number of para-hydroxylation sites is 1. The summed E-state index contributed by atoms with van der Waals surface area (Å²) in [6.45, 7) is 0.544. The minimum Gasteiger partial charge on any atom is -0.488 e. The lowest BCUT2D eigenvalue weighted by atomic mass is 10.1. The molecule has 1 aromatic heterocycles. The van der Waals surface area contributed by atoms with Gasteiger partial charge >= 0.3 is 5.97 Å². The number of nitrogens with one attached hydrogen (secondary N) is 1. The van der Waals surface area contributed by atoms with Crippen molar-refractivity contribution < 1.29 is 14.6 Å². The Morgan fingerprint density at radius 1 is 1.38 bits per heavy atom. The Bertz CT molecular complexity index is 665. The molecule has 1 unspecified atom stereocenters. The molecule has 2 N–H and O–H groups in total. The molecule has 21 heavy (non-hydrogen) atoms. The van der Waals surface area contributed by atoms with Crippen molar-refractivity contribution in [3.63, 3.8) is 0 Å². The van der Waals surface area contributed by atoms with Crippen LogP contribution in [0.25, 0.3) is 0 Å². The van der Waals surface area contributed by atoms with Crippen LogP contribution < -0.4 is 10.1 Å². The fourth-order valence-electron chi connectivity index (χ4n) is 2.28. The van der Waals surface area contributed by atoms with Crippen LogP contribution in [-0.4, -0.2) is 28.7 Å².